The lowest BCUT2D eigenvalue weighted by atomic mass is 10.1. The highest BCUT2D eigenvalue weighted by Crippen LogP contribution is 2.14. The summed E-state index contributed by atoms with van der Waals surface area (Å²) in [6.45, 7) is 4.09. The van der Waals surface area contributed by atoms with Gasteiger partial charge >= 0.3 is 0 Å². The zero-order chi connectivity index (χ0) is 17.5. The summed E-state index contributed by atoms with van der Waals surface area (Å²) in [5.74, 6) is -0.255. The minimum Gasteiger partial charge on any atom is -0.358 e. The molecule has 3 rings (SSSR count). The molecule has 132 valence electrons. The van der Waals surface area contributed by atoms with Crippen molar-refractivity contribution in [2.45, 2.75) is 32.4 Å². The number of halogens is 1. The Labute approximate surface area is 154 Å². The van der Waals surface area contributed by atoms with Crippen molar-refractivity contribution in [3.8, 4) is 0 Å². The molecule has 0 saturated carbocycles. The van der Waals surface area contributed by atoms with Crippen LogP contribution in [-0.4, -0.2) is 23.1 Å². The van der Waals surface area contributed by atoms with Crippen molar-refractivity contribution in [3.63, 3.8) is 0 Å². The minimum absolute atomic E-state index is 0.255. The van der Waals surface area contributed by atoms with Gasteiger partial charge in [0.25, 0.3) is 0 Å². The Morgan fingerprint density at radius 3 is 2.48 bits per heavy atom. The van der Waals surface area contributed by atoms with Gasteiger partial charge in [0, 0.05) is 18.8 Å². The number of hydrogen-bond donors (Lipinski definition) is 2. The van der Waals surface area contributed by atoms with E-state index < -0.39 is 0 Å². The van der Waals surface area contributed by atoms with Crippen LogP contribution in [-0.2, 0) is 13.1 Å². The second-order valence-electron chi connectivity index (χ2n) is 6.47. The fourth-order valence-electron chi connectivity index (χ4n) is 3.10. The van der Waals surface area contributed by atoms with E-state index in [1.54, 1.807) is 12.1 Å². The summed E-state index contributed by atoms with van der Waals surface area (Å²) >= 11 is 5.31. The maximum atomic E-state index is 12.9. The summed E-state index contributed by atoms with van der Waals surface area (Å²) in [6, 6.07) is 14.8. The molecule has 0 amide bonds. The molecular weight excluding hydrogens is 333 g/mol. The van der Waals surface area contributed by atoms with E-state index >= 15 is 0 Å². The number of benzene rings is 2. The van der Waals surface area contributed by atoms with Gasteiger partial charge in [-0.3, -0.25) is 4.90 Å². The van der Waals surface area contributed by atoms with Crippen molar-refractivity contribution < 1.29 is 4.39 Å². The first-order valence-corrected chi connectivity index (χ1v) is 9.20. The van der Waals surface area contributed by atoms with E-state index in [0.29, 0.717) is 11.7 Å². The molecule has 0 aliphatic carbocycles. The van der Waals surface area contributed by atoms with E-state index in [0.717, 1.165) is 12.2 Å². The highest BCUT2D eigenvalue weighted by atomic mass is 32.1. The molecule has 1 saturated heterocycles. The van der Waals surface area contributed by atoms with Crippen LogP contribution in [0.5, 0.6) is 0 Å². The predicted octanol–water partition coefficient (Wildman–Crippen LogP) is 4.30. The quantitative estimate of drug-likeness (QED) is 0.780. The Balaban J connectivity index is 1.49. The molecule has 5 heteroatoms. The van der Waals surface area contributed by atoms with Crippen molar-refractivity contribution >= 4 is 23.0 Å². The van der Waals surface area contributed by atoms with E-state index in [2.05, 4.69) is 39.8 Å². The van der Waals surface area contributed by atoms with Crippen molar-refractivity contribution in [2.24, 2.45) is 0 Å². The minimum atomic E-state index is -0.255. The summed E-state index contributed by atoms with van der Waals surface area (Å²) in [6.07, 6.45) is 3.98. The molecule has 0 atom stereocenters. The first-order chi connectivity index (χ1) is 12.2. The molecule has 0 unspecified atom stereocenters. The molecule has 0 bridgehead atoms. The Bertz CT molecular complexity index is 696. The van der Waals surface area contributed by atoms with Gasteiger partial charge in [-0.05, 0) is 73.5 Å². The average Bonchev–Trinajstić information content (AvgIpc) is 2.63. The van der Waals surface area contributed by atoms with Crippen LogP contribution >= 0.6 is 12.2 Å². The van der Waals surface area contributed by atoms with Gasteiger partial charge in [0.15, 0.2) is 5.11 Å². The van der Waals surface area contributed by atoms with E-state index in [1.807, 2.05) is 0 Å². The lowest BCUT2D eigenvalue weighted by molar-refractivity contribution is 0.221. The number of hydrogen-bond acceptors (Lipinski definition) is 2. The van der Waals surface area contributed by atoms with Gasteiger partial charge in [-0.2, -0.15) is 0 Å². The van der Waals surface area contributed by atoms with Crippen molar-refractivity contribution in [3.05, 3.63) is 65.5 Å². The molecule has 1 fully saturated rings. The van der Waals surface area contributed by atoms with Gasteiger partial charge in [0.2, 0.25) is 0 Å². The van der Waals surface area contributed by atoms with Gasteiger partial charge in [-0.1, -0.05) is 30.7 Å². The molecule has 2 aromatic rings. The molecule has 0 radical (unpaired) electrons. The molecule has 0 aromatic heterocycles. The first-order valence-electron chi connectivity index (χ1n) is 8.80. The Kier molecular flexibility index (Phi) is 6.36. The zero-order valence-corrected chi connectivity index (χ0v) is 15.1. The second kappa shape index (κ2) is 8.92. The third kappa shape index (κ3) is 5.80. The van der Waals surface area contributed by atoms with Crippen LogP contribution in [0.2, 0.25) is 0 Å². The average molecular weight is 357 g/mol. The number of thiocarbonyl (C=S) groups is 1. The number of nitrogens with zero attached hydrogens (tertiary/aromatic N) is 1. The third-order valence-electron chi connectivity index (χ3n) is 4.40. The molecule has 25 heavy (non-hydrogen) atoms. The summed E-state index contributed by atoms with van der Waals surface area (Å²) in [7, 11) is 0. The van der Waals surface area contributed by atoms with Crippen LogP contribution in [0.3, 0.4) is 0 Å². The highest BCUT2D eigenvalue weighted by molar-refractivity contribution is 7.80. The van der Waals surface area contributed by atoms with Gasteiger partial charge < -0.3 is 10.6 Å². The molecule has 1 aliphatic rings. The van der Waals surface area contributed by atoms with E-state index in [9.17, 15) is 4.39 Å². The van der Waals surface area contributed by atoms with Crippen LogP contribution in [0, 0.1) is 5.82 Å². The molecule has 1 heterocycles. The maximum Gasteiger partial charge on any atom is 0.171 e. The van der Waals surface area contributed by atoms with Crippen LogP contribution in [0.25, 0.3) is 0 Å². The topological polar surface area (TPSA) is 27.3 Å². The summed E-state index contributed by atoms with van der Waals surface area (Å²) < 4.78 is 12.9. The SMILES string of the molecule is Fc1ccc(NC(=S)NCc2cccc(CN3CCCCC3)c2)cc1. The van der Waals surface area contributed by atoms with Crippen LogP contribution in [0.15, 0.2) is 48.5 Å². The largest absolute Gasteiger partial charge is 0.358 e. The zero-order valence-electron chi connectivity index (χ0n) is 14.3. The van der Waals surface area contributed by atoms with E-state index in [1.165, 1.54) is 55.6 Å². The number of likely N-dealkylation sites (tertiary alicyclic amines) is 1. The normalized spacial score (nSPS) is 14.9. The number of nitrogens with one attached hydrogen (secondary N) is 2. The summed E-state index contributed by atoms with van der Waals surface area (Å²) in [4.78, 5) is 2.52. The third-order valence-corrected chi connectivity index (χ3v) is 4.65. The molecule has 2 N–H and O–H groups in total. The van der Waals surface area contributed by atoms with Crippen molar-refractivity contribution in [2.75, 3.05) is 18.4 Å². The van der Waals surface area contributed by atoms with E-state index in [4.69, 9.17) is 12.2 Å². The van der Waals surface area contributed by atoms with Crippen LogP contribution in [0.1, 0.15) is 30.4 Å². The maximum absolute atomic E-state index is 12.9. The second-order valence-corrected chi connectivity index (χ2v) is 6.88. The van der Waals surface area contributed by atoms with Crippen molar-refractivity contribution in [1.29, 1.82) is 0 Å². The highest BCUT2D eigenvalue weighted by Gasteiger charge is 2.10. The van der Waals surface area contributed by atoms with Crippen LogP contribution in [0.4, 0.5) is 10.1 Å². The fourth-order valence-corrected chi connectivity index (χ4v) is 3.29. The summed E-state index contributed by atoms with van der Waals surface area (Å²) in [5.41, 5.74) is 3.33. The number of rotatable bonds is 5. The molecule has 3 nitrogen and oxygen atoms in total. The smallest absolute Gasteiger partial charge is 0.171 e. The van der Waals surface area contributed by atoms with Gasteiger partial charge in [-0.25, -0.2) is 4.39 Å². The monoisotopic (exact) mass is 357 g/mol. The predicted molar refractivity (Wildman–Crippen MR) is 105 cm³/mol. The molecular formula is C20H24FN3S. The fraction of sp³-hybridized carbons (Fsp3) is 0.350. The number of piperidine rings is 1. The van der Waals surface area contributed by atoms with E-state index in [-0.39, 0.29) is 5.82 Å². The standard InChI is InChI=1S/C20H24FN3S/c21-18-7-9-19(10-8-18)23-20(25)22-14-16-5-4-6-17(13-16)15-24-11-2-1-3-12-24/h4-10,13H,1-3,11-12,14-15H2,(H2,22,23,25). The van der Waals surface area contributed by atoms with Gasteiger partial charge in [-0.15, -0.1) is 0 Å². The lowest BCUT2D eigenvalue weighted by Crippen LogP contribution is -2.29. The Hall–Kier alpha value is -1.98. The lowest BCUT2D eigenvalue weighted by Gasteiger charge is -2.26. The van der Waals surface area contributed by atoms with Crippen LogP contribution < -0.4 is 10.6 Å². The molecule has 1 aliphatic heterocycles. The van der Waals surface area contributed by atoms with Gasteiger partial charge in [0.1, 0.15) is 5.82 Å². The number of anilines is 1. The Morgan fingerprint density at radius 1 is 1.00 bits per heavy atom. The molecule has 2 aromatic carbocycles. The van der Waals surface area contributed by atoms with Gasteiger partial charge in [0.05, 0.1) is 0 Å². The first kappa shape index (κ1) is 17.8. The molecule has 0 spiro atoms. The van der Waals surface area contributed by atoms with Crippen molar-refractivity contribution in [1.82, 2.24) is 10.2 Å². The Morgan fingerprint density at radius 2 is 1.72 bits per heavy atom. The summed E-state index contributed by atoms with van der Waals surface area (Å²) in [5, 5.41) is 6.81.